The predicted molar refractivity (Wildman–Crippen MR) is 73.3 cm³/mol. The average Bonchev–Trinajstić information content (AvgIpc) is 2.28. The molecule has 0 aliphatic carbocycles. The summed E-state index contributed by atoms with van der Waals surface area (Å²) in [6.07, 6.45) is 6.84. The minimum atomic E-state index is -0.434. The summed E-state index contributed by atoms with van der Waals surface area (Å²) in [6, 6.07) is 0. The Hall–Kier alpha value is -1.12. The summed E-state index contributed by atoms with van der Waals surface area (Å²) in [5, 5.41) is 0. The molecule has 0 rings (SSSR count). The Kier molecular flexibility index (Phi) is 9.25. The maximum Gasteiger partial charge on any atom is 0.313 e. The minimum Gasteiger partial charge on any atom is -0.469 e. The minimum absolute atomic E-state index is 0.0154. The molecule has 3 heteroatoms. The van der Waals surface area contributed by atoms with Crippen LogP contribution in [0.2, 0.25) is 0 Å². The summed E-state index contributed by atoms with van der Waals surface area (Å²) in [4.78, 5) is 22.3. The highest BCUT2D eigenvalue weighted by molar-refractivity contribution is 5.95. The smallest absolute Gasteiger partial charge is 0.313 e. The molecule has 104 valence electrons. The lowest BCUT2D eigenvalue weighted by atomic mass is 9.97. The molecule has 0 saturated heterocycles. The van der Waals surface area contributed by atoms with Crippen molar-refractivity contribution >= 4 is 11.8 Å². The van der Waals surface area contributed by atoms with Gasteiger partial charge in [-0.25, -0.2) is 0 Å². The third-order valence-electron chi connectivity index (χ3n) is 2.93. The highest BCUT2D eigenvalue weighted by Gasteiger charge is 2.10. The molecule has 18 heavy (non-hydrogen) atoms. The van der Waals surface area contributed by atoms with E-state index >= 15 is 0 Å². The van der Waals surface area contributed by atoms with Crippen molar-refractivity contribution in [3.63, 3.8) is 0 Å². The van der Waals surface area contributed by atoms with Gasteiger partial charge < -0.3 is 4.74 Å². The summed E-state index contributed by atoms with van der Waals surface area (Å²) in [5.74, 6) is 0.182. The molecular weight excluding hydrogens is 228 g/mol. The number of methoxy groups -OCH3 is 1. The van der Waals surface area contributed by atoms with Crippen LogP contribution in [0.4, 0.5) is 0 Å². The Bertz CT molecular complexity index is 288. The van der Waals surface area contributed by atoms with Gasteiger partial charge in [-0.1, -0.05) is 25.0 Å². The highest BCUT2D eigenvalue weighted by atomic mass is 16.5. The number of ether oxygens (including phenoxy) is 1. The second-order valence-electron chi connectivity index (χ2n) is 5.15. The van der Waals surface area contributed by atoms with E-state index in [9.17, 15) is 9.59 Å². The van der Waals surface area contributed by atoms with E-state index < -0.39 is 5.97 Å². The van der Waals surface area contributed by atoms with Gasteiger partial charge >= 0.3 is 5.97 Å². The van der Waals surface area contributed by atoms with Crippen LogP contribution in [0.3, 0.4) is 0 Å². The number of esters is 1. The van der Waals surface area contributed by atoms with Crippen molar-refractivity contribution in [2.75, 3.05) is 7.11 Å². The van der Waals surface area contributed by atoms with Gasteiger partial charge in [0.05, 0.1) is 7.11 Å². The van der Waals surface area contributed by atoms with Crippen molar-refractivity contribution in [2.24, 2.45) is 5.92 Å². The summed E-state index contributed by atoms with van der Waals surface area (Å²) < 4.78 is 4.46. The Morgan fingerprint density at radius 2 is 1.89 bits per heavy atom. The molecule has 1 atom stereocenters. The van der Waals surface area contributed by atoms with E-state index in [0.717, 1.165) is 25.7 Å². The van der Waals surface area contributed by atoms with Crippen LogP contribution >= 0.6 is 0 Å². The number of hydrogen-bond donors (Lipinski definition) is 0. The van der Waals surface area contributed by atoms with E-state index in [2.05, 4.69) is 31.6 Å². The van der Waals surface area contributed by atoms with Crippen LogP contribution in [0.15, 0.2) is 11.6 Å². The lowest BCUT2D eigenvalue weighted by Crippen LogP contribution is -2.09. The first-order valence-electron chi connectivity index (χ1n) is 6.67. The summed E-state index contributed by atoms with van der Waals surface area (Å²) in [7, 11) is 1.31. The molecule has 0 aliphatic heterocycles. The second-order valence-corrected chi connectivity index (χ2v) is 5.15. The van der Waals surface area contributed by atoms with Crippen LogP contribution in [-0.4, -0.2) is 18.9 Å². The molecular formula is C15H26O3. The molecule has 0 amide bonds. The number of allylic oxidation sites excluding steroid dienone is 2. The van der Waals surface area contributed by atoms with Crippen LogP contribution in [0.5, 0.6) is 0 Å². The molecule has 0 aliphatic rings. The largest absolute Gasteiger partial charge is 0.469 e. The van der Waals surface area contributed by atoms with Crippen LogP contribution in [0.25, 0.3) is 0 Å². The average molecular weight is 254 g/mol. The van der Waals surface area contributed by atoms with Gasteiger partial charge in [-0.05, 0) is 39.0 Å². The number of Topliss-reactive ketones (excluding diaryl/α,β-unsaturated/α-hetero) is 1. The first-order chi connectivity index (χ1) is 8.45. The Morgan fingerprint density at radius 1 is 1.22 bits per heavy atom. The zero-order chi connectivity index (χ0) is 14.0. The van der Waals surface area contributed by atoms with E-state index in [1.165, 1.54) is 12.7 Å². The number of rotatable bonds is 9. The van der Waals surface area contributed by atoms with Gasteiger partial charge in [0.1, 0.15) is 12.2 Å². The molecule has 0 spiro atoms. The third-order valence-corrected chi connectivity index (χ3v) is 2.93. The summed E-state index contributed by atoms with van der Waals surface area (Å²) >= 11 is 0. The lowest BCUT2D eigenvalue weighted by molar-refractivity contribution is -0.143. The van der Waals surface area contributed by atoms with E-state index in [0.29, 0.717) is 12.3 Å². The third kappa shape index (κ3) is 10.1. The number of hydrogen-bond acceptors (Lipinski definition) is 3. The first kappa shape index (κ1) is 16.9. The van der Waals surface area contributed by atoms with Gasteiger partial charge in [0.25, 0.3) is 0 Å². The molecule has 3 nitrogen and oxygen atoms in total. The van der Waals surface area contributed by atoms with Gasteiger partial charge in [-0.3, -0.25) is 9.59 Å². The van der Waals surface area contributed by atoms with E-state index in [1.807, 2.05) is 0 Å². The molecule has 0 bridgehead atoms. The fraction of sp³-hybridized carbons (Fsp3) is 0.733. The molecule has 0 N–H and O–H groups in total. The van der Waals surface area contributed by atoms with E-state index in [-0.39, 0.29) is 12.2 Å². The second kappa shape index (κ2) is 9.86. The lowest BCUT2D eigenvalue weighted by Gasteiger charge is -2.09. The van der Waals surface area contributed by atoms with Gasteiger partial charge in [-0.2, -0.15) is 0 Å². The normalized spacial score (nSPS) is 11.8. The fourth-order valence-electron chi connectivity index (χ4n) is 1.77. The van der Waals surface area contributed by atoms with Gasteiger partial charge in [0, 0.05) is 6.42 Å². The van der Waals surface area contributed by atoms with Gasteiger partial charge in [-0.15, -0.1) is 0 Å². The Balaban J connectivity index is 3.61. The highest BCUT2D eigenvalue weighted by Crippen LogP contribution is 2.15. The molecule has 0 aromatic rings. The SMILES string of the molecule is COC(=O)CC(=O)CCC[C@H](C)CCC=C(C)C. The summed E-state index contributed by atoms with van der Waals surface area (Å²) in [6.45, 7) is 6.43. The molecule has 0 unspecified atom stereocenters. The van der Waals surface area contributed by atoms with Crippen LogP contribution < -0.4 is 0 Å². The van der Waals surface area contributed by atoms with E-state index in [1.54, 1.807) is 0 Å². The Morgan fingerprint density at radius 3 is 2.44 bits per heavy atom. The van der Waals surface area contributed by atoms with Crippen molar-refractivity contribution in [2.45, 2.75) is 59.3 Å². The van der Waals surface area contributed by atoms with Crippen LogP contribution in [0.1, 0.15) is 59.3 Å². The zero-order valence-electron chi connectivity index (χ0n) is 12.1. The first-order valence-corrected chi connectivity index (χ1v) is 6.67. The molecule has 0 heterocycles. The molecule has 0 fully saturated rings. The van der Waals surface area contributed by atoms with Crippen molar-refractivity contribution in [1.29, 1.82) is 0 Å². The van der Waals surface area contributed by atoms with Crippen molar-refractivity contribution in [3.8, 4) is 0 Å². The molecule has 0 aromatic carbocycles. The predicted octanol–water partition coefficient (Wildman–Crippen LogP) is 3.67. The maximum absolute atomic E-state index is 11.4. The number of carbonyl (C=O) groups is 2. The number of carbonyl (C=O) groups excluding carboxylic acids is 2. The van der Waals surface area contributed by atoms with E-state index in [4.69, 9.17) is 0 Å². The van der Waals surface area contributed by atoms with Crippen molar-refractivity contribution in [3.05, 3.63) is 11.6 Å². The van der Waals surface area contributed by atoms with Crippen molar-refractivity contribution < 1.29 is 14.3 Å². The monoisotopic (exact) mass is 254 g/mol. The maximum atomic E-state index is 11.4. The summed E-state index contributed by atoms with van der Waals surface area (Å²) in [5.41, 5.74) is 1.36. The fourth-order valence-corrected chi connectivity index (χ4v) is 1.77. The quantitative estimate of drug-likeness (QED) is 0.358. The molecule has 0 aromatic heterocycles. The Labute approximate surface area is 111 Å². The molecule has 0 saturated carbocycles. The van der Waals surface area contributed by atoms with Crippen LogP contribution in [-0.2, 0) is 14.3 Å². The topological polar surface area (TPSA) is 43.4 Å². The molecule has 0 radical (unpaired) electrons. The van der Waals surface area contributed by atoms with Gasteiger partial charge in [0.2, 0.25) is 0 Å². The van der Waals surface area contributed by atoms with Crippen LogP contribution in [0, 0.1) is 5.92 Å². The zero-order valence-corrected chi connectivity index (χ0v) is 12.1. The van der Waals surface area contributed by atoms with Gasteiger partial charge in [0.15, 0.2) is 0 Å². The number of ketones is 1. The van der Waals surface area contributed by atoms with Crippen molar-refractivity contribution in [1.82, 2.24) is 0 Å². The standard InChI is InChI=1S/C15H26O3/c1-12(2)7-5-8-13(3)9-6-10-14(16)11-15(17)18-4/h7,13H,5-6,8-11H2,1-4H3/t13-/m1/s1.